The van der Waals surface area contributed by atoms with Crippen molar-refractivity contribution in [3.05, 3.63) is 76.6 Å². The van der Waals surface area contributed by atoms with Crippen LogP contribution in [0.5, 0.6) is 0 Å². The highest BCUT2D eigenvalue weighted by Crippen LogP contribution is 2.22. The van der Waals surface area contributed by atoms with E-state index in [1.165, 1.54) is 0 Å². The van der Waals surface area contributed by atoms with Crippen LogP contribution in [0.25, 0.3) is 11.2 Å². The van der Waals surface area contributed by atoms with Crippen LogP contribution in [0.2, 0.25) is 5.02 Å². The van der Waals surface area contributed by atoms with E-state index in [1.807, 2.05) is 47.1 Å². The molecule has 2 aromatic heterocycles. The molecule has 0 spiro atoms. The Morgan fingerprint density at radius 2 is 1.79 bits per heavy atom. The Morgan fingerprint density at radius 1 is 1.00 bits per heavy atom. The van der Waals surface area contributed by atoms with Crippen molar-refractivity contribution in [1.29, 1.82) is 0 Å². The summed E-state index contributed by atoms with van der Waals surface area (Å²) < 4.78 is 1.83. The molecule has 0 saturated carbocycles. The molecule has 0 bridgehead atoms. The van der Waals surface area contributed by atoms with Crippen molar-refractivity contribution in [2.24, 2.45) is 0 Å². The highest BCUT2D eigenvalue weighted by Gasteiger charge is 2.15. The van der Waals surface area contributed by atoms with Crippen molar-refractivity contribution in [3.8, 4) is 0 Å². The van der Waals surface area contributed by atoms with Gasteiger partial charge in [-0.2, -0.15) is 0 Å². The van der Waals surface area contributed by atoms with Crippen molar-refractivity contribution >= 4 is 28.6 Å². The minimum absolute atomic E-state index is 0.558. The number of hydrogen-bond donors (Lipinski definition) is 1. The molecule has 6 nitrogen and oxygen atoms in total. The molecule has 0 saturated heterocycles. The highest BCUT2D eigenvalue weighted by molar-refractivity contribution is 6.31. The molecule has 28 heavy (non-hydrogen) atoms. The molecule has 2 aromatic carbocycles. The lowest BCUT2D eigenvalue weighted by Gasteiger charge is -2.09. The molecule has 7 heteroatoms. The summed E-state index contributed by atoms with van der Waals surface area (Å²) in [6, 6.07) is 17.9. The molecule has 0 radical (unpaired) electrons. The van der Waals surface area contributed by atoms with Crippen LogP contribution in [0.15, 0.2) is 54.6 Å². The van der Waals surface area contributed by atoms with E-state index < -0.39 is 0 Å². The SMILES string of the molecule is CCCc1nc(NCc2ccccc2Cl)c2nnn(Cc3ccccc3)c2n1. The first kappa shape index (κ1) is 18.4. The average Bonchev–Trinajstić information content (AvgIpc) is 3.11. The predicted octanol–water partition coefficient (Wildman–Crippen LogP) is 4.49. The first-order valence-corrected chi connectivity index (χ1v) is 9.73. The second-order valence-electron chi connectivity index (χ2n) is 6.59. The number of rotatable bonds is 7. The number of fused-ring (bicyclic) bond motifs is 1. The van der Waals surface area contributed by atoms with Crippen LogP contribution >= 0.6 is 11.6 Å². The van der Waals surface area contributed by atoms with Crippen LogP contribution < -0.4 is 5.32 Å². The van der Waals surface area contributed by atoms with Gasteiger partial charge in [-0.15, -0.1) is 5.10 Å². The minimum atomic E-state index is 0.558. The molecule has 0 amide bonds. The lowest BCUT2D eigenvalue weighted by molar-refractivity contribution is 0.662. The van der Waals surface area contributed by atoms with Gasteiger partial charge in [0.05, 0.1) is 6.54 Å². The van der Waals surface area contributed by atoms with Crippen molar-refractivity contribution in [2.75, 3.05) is 5.32 Å². The van der Waals surface area contributed by atoms with Gasteiger partial charge in [0, 0.05) is 18.0 Å². The predicted molar refractivity (Wildman–Crippen MR) is 111 cm³/mol. The average molecular weight is 393 g/mol. The van der Waals surface area contributed by atoms with Crippen LogP contribution in [0, 0.1) is 0 Å². The van der Waals surface area contributed by atoms with Gasteiger partial charge in [-0.3, -0.25) is 0 Å². The summed E-state index contributed by atoms with van der Waals surface area (Å²) in [5.74, 6) is 1.47. The maximum Gasteiger partial charge on any atom is 0.184 e. The molecule has 0 aliphatic carbocycles. The second kappa shape index (κ2) is 8.35. The number of nitrogens with zero attached hydrogens (tertiary/aromatic N) is 5. The molecular weight excluding hydrogens is 372 g/mol. The maximum atomic E-state index is 6.28. The van der Waals surface area contributed by atoms with E-state index in [0.29, 0.717) is 24.4 Å². The Labute approximate surface area is 168 Å². The van der Waals surface area contributed by atoms with Gasteiger partial charge >= 0.3 is 0 Å². The third kappa shape index (κ3) is 3.97. The summed E-state index contributed by atoms with van der Waals surface area (Å²) in [7, 11) is 0. The number of halogens is 1. The van der Waals surface area contributed by atoms with Gasteiger partial charge in [-0.05, 0) is 23.6 Å². The molecule has 0 fully saturated rings. The van der Waals surface area contributed by atoms with Crippen molar-refractivity contribution < 1.29 is 0 Å². The number of nitrogens with one attached hydrogen (secondary N) is 1. The molecular formula is C21H21ClN6. The zero-order valence-electron chi connectivity index (χ0n) is 15.6. The lowest BCUT2D eigenvalue weighted by Crippen LogP contribution is -2.08. The van der Waals surface area contributed by atoms with Crippen LogP contribution in [0.3, 0.4) is 0 Å². The number of anilines is 1. The molecule has 0 unspecified atom stereocenters. The van der Waals surface area contributed by atoms with Crippen molar-refractivity contribution in [2.45, 2.75) is 32.9 Å². The summed E-state index contributed by atoms with van der Waals surface area (Å²) in [6.45, 7) is 3.29. The summed E-state index contributed by atoms with van der Waals surface area (Å²) in [6.07, 6.45) is 1.77. The van der Waals surface area contributed by atoms with Gasteiger partial charge < -0.3 is 5.32 Å². The standard InChI is InChI=1S/C21H21ClN6/c1-2-8-18-24-20(23-13-16-11-6-7-12-17(16)22)19-21(25-18)28(27-26-19)14-15-9-4-3-5-10-15/h3-7,9-12H,2,8,13-14H2,1H3,(H,23,24,25). The fraction of sp³-hybridized carbons (Fsp3) is 0.238. The highest BCUT2D eigenvalue weighted by atomic mass is 35.5. The summed E-state index contributed by atoms with van der Waals surface area (Å²) in [5.41, 5.74) is 3.56. The van der Waals surface area contributed by atoms with Gasteiger partial charge in [0.15, 0.2) is 17.0 Å². The summed E-state index contributed by atoms with van der Waals surface area (Å²) >= 11 is 6.28. The van der Waals surface area contributed by atoms with E-state index in [1.54, 1.807) is 0 Å². The van der Waals surface area contributed by atoms with E-state index in [-0.39, 0.29) is 0 Å². The topological polar surface area (TPSA) is 68.5 Å². The maximum absolute atomic E-state index is 6.28. The number of benzene rings is 2. The Balaban J connectivity index is 1.68. The van der Waals surface area contributed by atoms with Gasteiger partial charge in [-0.1, -0.05) is 72.3 Å². The Bertz CT molecular complexity index is 1080. The van der Waals surface area contributed by atoms with Crippen LogP contribution in [-0.2, 0) is 19.5 Å². The van der Waals surface area contributed by atoms with Gasteiger partial charge in [0.1, 0.15) is 5.82 Å². The first-order chi connectivity index (χ1) is 13.7. The summed E-state index contributed by atoms with van der Waals surface area (Å²) in [4.78, 5) is 9.39. The normalized spacial score (nSPS) is 11.1. The molecule has 4 rings (SSSR count). The molecule has 142 valence electrons. The van der Waals surface area contributed by atoms with E-state index in [2.05, 4.69) is 39.7 Å². The number of hydrogen-bond acceptors (Lipinski definition) is 5. The molecule has 2 heterocycles. The van der Waals surface area contributed by atoms with Crippen LogP contribution in [0.1, 0.15) is 30.3 Å². The fourth-order valence-corrected chi connectivity index (χ4v) is 3.25. The monoisotopic (exact) mass is 392 g/mol. The molecule has 4 aromatic rings. The third-order valence-electron chi connectivity index (χ3n) is 4.46. The lowest BCUT2D eigenvalue weighted by atomic mass is 10.2. The largest absolute Gasteiger partial charge is 0.364 e. The first-order valence-electron chi connectivity index (χ1n) is 9.36. The van der Waals surface area contributed by atoms with Crippen molar-refractivity contribution in [3.63, 3.8) is 0 Å². The smallest absolute Gasteiger partial charge is 0.184 e. The van der Waals surface area contributed by atoms with E-state index in [0.717, 1.165) is 40.5 Å². The van der Waals surface area contributed by atoms with Gasteiger partial charge in [0.2, 0.25) is 0 Å². The molecule has 0 aliphatic heterocycles. The molecule has 0 atom stereocenters. The van der Waals surface area contributed by atoms with Gasteiger partial charge in [0.25, 0.3) is 0 Å². The summed E-state index contributed by atoms with van der Waals surface area (Å²) in [5, 5.41) is 12.8. The second-order valence-corrected chi connectivity index (χ2v) is 7.00. The van der Waals surface area contributed by atoms with Crippen molar-refractivity contribution in [1.82, 2.24) is 25.0 Å². The Kier molecular flexibility index (Phi) is 5.48. The Hall–Kier alpha value is -2.99. The van der Waals surface area contributed by atoms with Crippen LogP contribution in [0.4, 0.5) is 5.82 Å². The van der Waals surface area contributed by atoms with Crippen LogP contribution in [-0.4, -0.2) is 25.0 Å². The van der Waals surface area contributed by atoms with Gasteiger partial charge in [-0.25, -0.2) is 14.6 Å². The zero-order chi connectivity index (χ0) is 19.3. The van der Waals surface area contributed by atoms with E-state index in [9.17, 15) is 0 Å². The molecule has 0 aliphatic rings. The number of aryl methyl sites for hydroxylation is 1. The third-order valence-corrected chi connectivity index (χ3v) is 4.83. The van der Waals surface area contributed by atoms with E-state index >= 15 is 0 Å². The molecule has 1 N–H and O–H groups in total. The number of aromatic nitrogens is 5. The quantitative estimate of drug-likeness (QED) is 0.502. The zero-order valence-corrected chi connectivity index (χ0v) is 16.4. The Morgan fingerprint density at radius 3 is 2.57 bits per heavy atom. The fourth-order valence-electron chi connectivity index (χ4n) is 3.04. The van der Waals surface area contributed by atoms with E-state index in [4.69, 9.17) is 16.6 Å². The minimum Gasteiger partial charge on any atom is -0.364 e.